The van der Waals surface area contributed by atoms with E-state index < -0.39 is 0 Å². The van der Waals surface area contributed by atoms with Crippen molar-refractivity contribution in [2.45, 2.75) is 52.7 Å². The molecule has 1 aromatic rings. The van der Waals surface area contributed by atoms with E-state index in [9.17, 15) is 0 Å². The van der Waals surface area contributed by atoms with Gasteiger partial charge in [-0.3, -0.25) is 0 Å². The van der Waals surface area contributed by atoms with Crippen molar-refractivity contribution >= 4 is 5.95 Å². The van der Waals surface area contributed by atoms with Crippen LogP contribution in [-0.4, -0.2) is 35.2 Å². The summed E-state index contributed by atoms with van der Waals surface area (Å²) in [6.45, 7) is 9.67. The molecule has 0 fully saturated rings. The van der Waals surface area contributed by atoms with Crippen LogP contribution in [0.15, 0.2) is 12.3 Å². The van der Waals surface area contributed by atoms with Gasteiger partial charge in [-0.15, -0.1) is 0 Å². The first kappa shape index (κ1) is 15.7. The molecule has 1 rings (SSSR count). The Morgan fingerprint density at radius 3 is 2.53 bits per heavy atom. The van der Waals surface area contributed by atoms with Gasteiger partial charge < -0.3 is 15.4 Å². The van der Waals surface area contributed by atoms with Gasteiger partial charge in [-0.2, -0.15) is 4.98 Å². The van der Waals surface area contributed by atoms with E-state index in [1.807, 2.05) is 13.8 Å². The zero-order chi connectivity index (χ0) is 14.3. The Morgan fingerprint density at radius 2 is 2.00 bits per heavy atom. The van der Waals surface area contributed by atoms with Gasteiger partial charge >= 0.3 is 0 Å². The van der Waals surface area contributed by atoms with E-state index in [1.54, 1.807) is 12.3 Å². The van der Waals surface area contributed by atoms with Crippen molar-refractivity contribution in [3.63, 3.8) is 0 Å². The highest BCUT2D eigenvalue weighted by molar-refractivity contribution is 5.33. The van der Waals surface area contributed by atoms with Crippen molar-refractivity contribution in [1.82, 2.24) is 9.97 Å². The standard InChI is InChI=1S/C14H26N4O/c1-5-12(6-2)18(10-8-15)14-16-9-7-13(17-14)19-11(3)4/h7,9,11-12H,5-6,8,10,15H2,1-4H3. The SMILES string of the molecule is CCC(CC)N(CCN)c1nccc(OC(C)C)n1. The van der Waals surface area contributed by atoms with Gasteiger partial charge in [0.1, 0.15) is 0 Å². The second-order valence-corrected chi connectivity index (χ2v) is 4.81. The van der Waals surface area contributed by atoms with Gasteiger partial charge in [-0.1, -0.05) is 13.8 Å². The smallest absolute Gasteiger partial charge is 0.228 e. The lowest BCUT2D eigenvalue weighted by Gasteiger charge is -2.30. The van der Waals surface area contributed by atoms with Gasteiger partial charge in [0, 0.05) is 31.4 Å². The molecule has 0 unspecified atom stereocenters. The molecule has 0 saturated heterocycles. The Hall–Kier alpha value is -1.36. The average Bonchev–Trinajstić information content (AvgIpc) is 2.38. The van der Waals surface area contributed by atoms with Gasteiger partial charge in [0.2, 0.25) is 11.8 Å². The highest BCUT2D eigenvalue weighted by Gasteiger charge is 2.18. The molecule has 0 radical (unpaired) electrons. The second-order valence-electron chi connectivity index (χ2n) is 4.81. The van der Waals surface area contributed by atoms with E-state index in [1.165, 1.54) is 0 Å². The number of nitrogens with two attached hydrogens (primary N) is 1. The lowest BCUT2D eigenvalue weighted by molar-refractivity contribution is 0.232. The summed E-state index contributed by atoms with van der Waals surface area (Å²) in [7, 11) is 0. The molecule has 5 nitrogen and oxygen atoms in total. The van der Waals surface area contributed by atoms with Crippen molar-refractivity contribution in [1.29, 1.82) is 0 Å². The fourth-order valence-corrected chi connectivity index (χ4v) is 2.09. The van der Waals surface area contributed by atoms with E-state index in [0.29, 0.717) is 24.4 Å². The van der Waals surface area contributed by atoms with Gasteiger partial charge in [0.15, 0.2) is 0 Å². The van der Waals surface area contributed by atoms with Crippen molar-refractivity contribution in [3.8, 4) is 5.88 Å². The lowest BCUT2D eigenvalue weighted by atomic mass is 10.1. The maximum absolute atomic E-state index is 5.70. The molecule has 1 aromatic heterocycles. The zero-order valence-corrected chi connectivity index (χ0v) is 12.5. The van der Waals surface area contributed by atoms with E-state index in [2.05, 4.69) is 28.7 Å². The summed E-state index contributed by atoms with van der Waals surface area (Å²) in [5, 5.41) is 0. The van der Waals surface area contributed by atoms with Gasteiger partial charge in [0.05, 0.1) is 6.10 Å². The van der Waals surface area contributed by atoms with Crippen LogP contribution in [0.4, 0.5) is 5.95 Å². The van der Waals surface area contributed by atoms with Crippen molar-refractivity contribution in [2.75, 3.05) is 18.0 Å². The summed E-state index contributed by atoms with van der Waals surface area (Å²) >= 11 is 0. The Kier molecular flexibility index (Phi) is 6.56. The predicted octanol–water partition coefficient (Wildman–Crippen LogP) is 2.22. The third kappa shape index (κ3) is 4.67. The third-order valence-electron chi connectivity index (χ3n) is 2.98. The minimum absolute atomic E-state index is 0.110. The van der Waals surface area contributed by atoms with E-state index >= 15 is 0 Å². The van der Waals surface area contributed by atoms with E-state index in [-0.39, 0.29) is 6.10 Å². The van der Waals surface area contributed by atoms with Crippen LogP contribution in [0.3, 0.4) is 0 Å². The van der Waals surface area contributed by atoms with E-state index in [4.69, 9.17) is 10.5 Å². The van der Waals surface area contributed by atoms with Crippen LogP contribution in [0.5, 0.6) is 5.88 Å². The second kappa shape index (κ2) is 7.94. The van der Waals surface area contributed by atoms with Crippen molar-refractivity contribution < 1.29 is 4.74 Å². The molecule has 1 heterocycles. The van der Waals surface area contributed by atoms with Gasteiger partial charge in [-0.25, -0.2) is 4.98 Å². The molecule has 108 valence electrons. The molecule has 19 heavy (non-hydrogen) atoms. The van der Waals surface area contributed by atoms with Gasteiger partial charge in [0.25, 0.3) is 0 Å². The average molecular weight is 266 g/mol. The van der Waals surface area contributed by atoms with Crippen LogP contribution in [-0.2, 0) is 0 Å². The lowest BCUT2D eigenvalue weighted by Crippen LogP contribution is -2.39. The first-order valence-electron chi connectivity index (χ1n) is 7.08. The number of ether oxygens (including phenoxy) is 1. The van der Waals surface area contributed by atoms with Crippen LogP contribution in [0.1, 0.15) is 40.5 Å². The molecule has 0 saturated carbocycles. The molecule has 0 aromatic carbocycles. The summed E-state index contributed by atoms with van der Waals surface area (Å²) < 4.78 is 5.62. The molecular weight excluding hydrogens is 240 g/mol. The fraction of sp³-hybridized carbons (Fsp3) is 0.714. The molecule has 5 heteroatoms. The Balaban J connectivity index is 2.94. The number of nitrogens with zero attached hydrogens (tertiary/aromatic N) is 3. The molecule has 2 N–H and O–H groups in total. The third-order valence-corrected chi connectivity index (χ3v) is 2.98. The predicted molar refractivity (Wildman–Crippen MR) is 78.6 cm³/mol. The molecule has 0 aliphatic carbocycles. The Morgan fingerprint density at radius 1 is 1.32 bits per heavy atom. The Bertz CT molecular complexity index is 366. The van der Waals surface area contributed by atoms with Gasteiger partial charge in [-0.05, 0) is 26.7 Å². The zero-order valence-electron chi connectivity index (χ0n) is 12.5. The number of rotatable bonds is 8. The fourth-order valence-electron chi connectivity index (χ4n) is 2.09. The normalized spacial score (nSPS) is 11.1. The largest absolute Gasteiger partial charge is 0.475 e. The van der Waals surface area contributed by atoms with Crippen LogP contribution in [0, 0.1) is 0 Å². The first-order chi connectivity index (χ1) is 9.12. The maximum Gasteiger partial charge on any atom is 0.228 e. The van der Waals surface area contributed by atoms with Crippen LogP contribution < -0.4 is 15.4 Å². The van der Waals surface area contributed by atoms with Crippen LogP contribution >= 0.6 is 0 Å². The topological polar surface area (TPSA) is 64.3 Å². The summed E-state index contributed by atoms with van der Waals surface area (Å²) in [6.07, 6.45) is 3.95. The molecule has 0 aliphatic rings. The first-order valence-corrected chi connectivity index (χ1v) is 7.08. The number of anilines is 1. The number of hydrogen-bond acceptors (Lipinski definition) is 5. The van der Waals surface area contributed by atoms with Crippen molar-refractivity contribution in [2.24, 2.45) is 5.73 Å². The Labute approximate surface area is 116 Å². The summed E-state index contributed by atoms with van der Waals surface area (Å²) in [5.74, 6) is 1.32. The monoisotopic (exact) mass is 266 g/mol. The van der Waals surface area contributed by atoms with Crippen molar-refractivity contribution in [3.05, 3.63) is 12.3 Å². The highest BCUT2D eigenvalue weighted by Crippen LogP contribution is 2.18. The molecule has 0 spiro atoms. The molecular formula is C14H26N4O. The molecule has 0 atom stereocenters. The van der Waals surface area contributed by atoms with Crippen LogP contribution in [0.2, 0.25) is 0 Å². The summed E-state index contributed by atoms with van der Waals surface area (Å²) in [4.78, 5) is 11.0. The maximum atomic E-state index is 5.70. The highest BCUT2D eigenvalue weighted by atomic mass is 16.5. The molecule has 0 bridgehead atoms. The quantitative estimate of drug-likeness (QED) is 0.781. The summed E-state index contributed by atoms with van der Waals surface area (Å²) in [6, 6.07) is 2.20. The molecule has 0 amide bonds. The van der Waals surface area contributed by atoms with E-state index in [0.717, 1.165) is 19.4 Å². The number of hydrogen-bond donors (Lipinski definition) is 1. The minimum Gasteiger partial charge on any atom is -0.475 e. The molecule has 0 aliphatic heterocycles. The minimum atomic E-state index is 0.110. The summed E-state index contributed by atoms with van der Waals surface area (Å²) in [5.41, 5.74) is 5.70. The number of aromatic nitrogens is 2. The van der Waals surface area contributed by atoms with Crippen LogP contribution in [0.25, 0.3) is 0 Å².